The summed E-state index contributed by atoms with van der Waals surface area (Å²) in [5, 5.41) is 10.0. The number of hydrogen-bond donors (Lipinski definition) is 1. The molecule has 1 aromatic carbocycles. The molecule has 1 heterocycles. The molecule has 1 N–H and O–H groups in total. The van der Waals surface area contributed by atoms with Gasteiger partial charge in [0.2, 0.25) is 5.75 Å². The molecule has 1 aliphatic carbocycles. The first-order valence-corrected chi connectivity index (χ1v) is 9.00. The lowest BCUT2D eigenvalue weighted by Crippen LogP contribution is -2.32. The van der Waals surface area contributed by atoms with Crippen molar-refractivity contribution >= 4 is 5.97 Å². The third kappa shape index (κ3) is 3.23. The van der Waals surface area contributed by atoms with E-state index in [1.807, 2.05) is 18.2 Å². The average Bonchev–Trinajstić information content (AvgIpc) is 3.13. The second-order valence-corrected chi connectivity index (χ2v) is 6.84. The maximum absolute atomic E-state index is 12.4. The SMILES string of the molecule is CCOC(=O)c1nc(CC2(c3ccccc3)CCCC2)n(C)c(=O)c1O. The van der Waals surface area contributed by atoms with Crippen LogP contribution in [-0.4, -0.2) is 27.2 Å². The van der Waals surface area contributed by atoms with Crippen LogP contribution in [0.1, 0.15) is 54.5 Å². The van der Waals surface area contributed by atoms with E-state index in [0.29, 0.717) is 12.2 Å². The molecule has 0 atom stereocenters. The van der Waals surface area contributed by atoms with Gasteiger partial charge in [0.25, 0.3) is 5.56 Å². The van der Waals surface area contributed by atoms with Crippen molar-refractivity contribution in [2.75, 3.05) is 6.61 Å². The maximum atomic E-state index is 12.4. The lowest BCUT2D eigenvalue weighted by molar-refractivity contribution is 0.0514. The smallest absolute Gasteiger partial charge is 0.361 e. The van der Waals surface area contributed by atoms with Gasteiger partial charge in [-0.25, -0.2) is 9.78 Å². The molecular formula is C20H24N2O4. The zero-order valence-electron chi connectivity index (χ0n) is 15.2. The predicted molar refractivity (Wildman–Crippen MR) is 97.4 cm³/mol. The molecule has 2 aromatic rings. The van der Waals surface area contributed by atoms with Gasteiger partial charge >= 0.3 is 5.97 Å². The standard InChI is InChI=1S/C20H24N2O4/c1-3-26-19(25)16-17(23)18(24)22(2)15(21-16)13-20(11-7-8-12-20)14-9-5-4-6-10-14/h4-6,9-10,23H,3,7-8,11-13H2,1-2H3. The predicted octanol–water partition coefficient (Wildman–Crippen LogP) is 2.72. The highest BCUT2D eigenvalue weighted by Gasteiger charge is 2.37. The molecule has 1 fully saturated rings. The largest absolute Gasteiger partial charge is 0.501 e. The first-order valence-electron chi connectivity index (χ1n) is 9.00. The third-order valence-electron chi connectivity index (χ3n) is 5.27. The van der Waals surface area contributed by atoms with Gasteiger partial charge in [0.15, 0.2) is 5.69 Å². The van der Waals surface area contributed by atoms with Crippen LogP contribution in [0, 0.1) is 0 Å². The van der Waals surface area contributed by atoms with Crippen molar-refractivity contribution in [2.24, 2.45) is 7.05 Å². The second kappa shape index (κ2) is 7.32. The molecular weight excluding hydrogens is 332 g/mol. The van der Waals surface area contributed by atoms with E-state index in [2.05, 4.69) is 17.1 Å². The third-order valence-corrected chi connectivity index (χ3v) is 5.27. The Bertz CT molecular complexity index is 852. The molecule has 26 heavy (non-hydrogen) atoms. The molecule has 0 unspecified atom stereocenters. The summed E-state index contributed by atoms with van der Waals surface area (Å²) in [6.07, 6.45) is 4.78. The van der Waals surface area contributed by atoms with Crippen LogP contribution in [0.4, 0.5) is 0 Å². The quantitative estimate of drug-likeness (QED) is 0.833. The van der Waals surface area contributed by atoms with Gasteiger partial charge in [-0.05, 0) is 25.3 Å². The van der Waals surface area contributed by atoms with Crippen LogP contribution in [0.2, 0.25) is 0 Å². The molecule has 6 heteroatoms. The number of carbonyl (C=O) groups is 1. The van der Waals surface area contributed by atoms with Crippen LogP contribution >= 0.6 is 0 Å². The van der Waals surface area contributed by atoms with Crippen LogP contribution in [0.3, 0.4) is 0 Å². The normalized spacial score (nSPS) is 15.8. The lowest BCUT2D eigenvalue weighted by Gasteiger charge is -2.30. The Kier molecular flexibility index (Phi) is 5.11. The number of hydrogen-bond acceptors (Lipinski definition) is 5. The molecule has 0 bridgehead atoms. The highest BCUT2D eigenvalue weighted by Crippen LogP contribution is 2.43. The topological polar surface area (TPSA) is 81.4 Å². The Labute approximate surface area is 152 Å². The monoisotopic (exact) mass is 356 g/mol. The summed E-state index contributed by atoms with van der Waals surface area (Å²) in [5.74, 6) is -0.944. The lowest BCUT2D eigenvalue weighted by atomic mass is 9.76. The van der Waals surface area contributed by atoms with Crippen molar-refractivity contribution < 1.29 is 14.6 Å². The van der Waals surface area contributed by atoms with E-state index < -0.39 is 17.3 Å². The number of ether oxygens (including phenoxy) is 1. The van der Waals surface area contributed by atoms with Crippen LogP contribution in [0.15, 0.2) is 35.1 Å². The van der Waals surface area contributed by atoms with Crippen LogP contribution < -0.4 is 5.56 Å². The summed E-state index contributed by atoms with van der Waals surface area (Å²) in [6.45, 7) is 1.82. The fraction of sp³-hybridized carbons (Fsp3) is 0.450. The first-order chi connectivity index (χ1) is 12.5. The first kappa shape index (κ1) is 18.2. The van der Waals surface area contributed by atoms with Crippen molar-refractivity contribution in [1.82, 2.24) is 9.55 Å². The molecule has 1 aromatic heterocycles. The summed E-state index contributed by atoms with van der Waals surface area (Å²) in [6, 6.07) is 10.2. The summed E-state index contributed by atoms with van der Waals surface area (Å²) in [5.41, 5.74) is 0.185. The van der Waals surface area contributed by atoms with Crippen molar-refractivity contribution in [1.29, 1.82) is 0 Å². The number of benzene rings is 1. The zero-order chi connectivity index (χ0) is 18.7. The second-order valence-electron chi connectivity index (χ2n) is 6.84. The molecule has 1 aliphatic rings. The van der Waals surface area contributed by atoms with E-state index in [-0.39, 0.29) is 17.7 Å². The van der Waals surface area contributed by atoms with Gasteiger partial charge in [-0.2, -0.15) is 0 Å². The van der Waals surface area contributed by atoms with Crippen LogP contribution in [0.25, 0.3) is 0 Å². The molecule has 0 amide bonds. The maximum Gasteiger partial charge on any atom is 0.361 e. The van der Waals surface area contributed by atoms with Gasteiger partial charge in [0, 0.05) is 18.9 Å². The molecule has 3 rings (SSSR count). The summed E-state index contributed by atoms with van der Waals surface area (Å²) in [4.78, 5) is 28.8. The Morgan fingerprint density at radius 1 is 1.27 bits per heavy atom. The number of aromatic hydroxyl groups is 1. The minimum absolute atomic E-state index is 0.110. The molecule has 1 saturated carbocycles. The Balaban J connectivity index is 2.06. The number of esters is 1. The van der Waals surface area contributed by atoms with Crippen molar-refractivity contribution in [2.45, 2.75) is 44.4 Å². The van der Waals surface area contributed by atoms with Crippen LogP contribution in [0.5, 0.6) is 5.75 Å². The van der Waals surface area contributed by atoms with Gasteiger partial charge < -0.3 is 9.84 Å². The summed E-state index contributed by atoms with van der Waals surface area (Å²) < 4.78 is 6.26. The molecule has 138 valence electrons. The summed E-state index contributed by atoms with van der Waals surface area (Å²) >= 11 is 0. The molecule has 6 nitrogen and oxygen atoms in total. The van der Waals surface area contributed by atoms with E-state index >= 15 is 0 Å². The van der Waals surface area contributed by atoms with Crippen LogP contribution in [-0.2, 0) is 23.6 Å². The fourth-order valence-electron chi connectivity index (χ4n) is 3.85. The van der Waals surface area contributed by atoms with E-state index in [1.54, 1.807) is 14.0 Å². The Morgan fingerprint density at radius 3 is 2.54 bits per heavy atom. The van der Waals surface area contributed by atoms with Crippen molar-refractivity contribution in [3.8, 4) is 5.75 Å². The van der Waals surface area contributed by atoms with E-state index in [4.69, 9.17) is 4.74 Å². The van der Waals surface area contributed by atoms with Crippen molar-refractivity contribution in [3.05, 3.63) is 57.8 Å². The molecule has 0 aliphatic heterocycles. The van der Waals surface area contributed by atoms with Gasteiger partial charge in [0.05, 0.1) is 6.61 Å². The Hall–Kier alpha value is -2.63. The minimum atomic E-state index is -0.774. The van der Waals surface area contributed by atoms with Gasteiger partial charge in [-0.3, -0.25) is 9.36 Å². The highest BCUT2D eigenvalue weighted by atomic mass is 16.5. The zero-order valence-corrected chi connectivity index (χ0v) is 15.2. The van der Waals surface area contributed by atoms with Gasteiger partial charge in [0.1, 0.15) is 5.82 Å². The number of carbonyl (C=O) groups excluding carboxylic acids is 1. The molecule has 0 spiro atoms. The fourth-order valence-corrected chi connectivity index (χ4v) is 3.85. The average molecular weight is 356 g/mol. The number of rotatable bonds is 5. The van der Waals surface area contributed by atoms with E-state index in [9.17, 15) is 14.7 Å². The van der Waals surface area contributed by atoms with Gasteiger partial charge in [-0.15, -0.1) is 0 Å². The Morgan fingerprint density at radius 2 is 1.92 bits per heavy atom. The summed E-state index contributed by atoms with van der Waals surface area (Å²) in [7, 11) is 1.58. The molecule has 0 radical (unpaired) electrons. The highest BCUT2D eigenvalue weighted by molar-refractivity contribution is 5.89. The van der Waals surface area contributed by atoms with E-state index in [1.165, 1.54) is 10.1 Å². The van der Waals surface area contributed by atoms with E-state index in [0.717, 1.165) is 25.7 Å². The van der Waals surface area contributed by atoms with Crippen molar-refractivity contribution in [3.63, 3.8) is 0 Å². The molecule has 0 saturated heterocycles. The number of nitrogens with zero attached hydrogens (tertiary/aromatic N) is 2. The minimum Gasteiger partial charge on any atom is -0.501 e. The number of aromatic nitrogens is 2. The van der Waals surface area contributed by atoms with Gasteiger partial charge in [-0.1, -0.05) is 43.2 Å².